The van der Waals surface area contributed by atoms with Crippen molar-refractivity contribution in [1.29, 1.82) is 0 Å². The van der Waals surface area contributed by atoms with Gasteiger partial charge in [-0.05, 0) is 36.8 Å². The molecule has 0 aliphatic carbocycles. The molecule has 0 bridgehead atoms. The first-order chi connectivity index (χ1) is 11.9. The molecule has 1 aliphatic heterocycles. The van der Waals surface area contributed by atoms with Crippen LogP contribution in [-0.2, 0) is 19.5 Å². The summed E-state index contributed by atoms with van der Waals surface area (Å²) in [6, 6.07) is 4.73. The van der Waals surface area contributed by atoms with E-state index in [-0.39, 0.29) is 9.92 Å². The highest BCUT2D eigenvalue weighted by Crippen LogP contribution is 2.28. The van der Waals surface area contributed by atoms with Crippen molar-refractivity contribution in [3.63, 3.8) is 0 Å². The Kier molecular flexibility index (Phi) is 7.85. The van der Waals surface area contributed by atoms with Gasteiger partial charge in [-0.1, -0.05) is 11.6 Å². The van der Waals surface area contributed by atoms with Crippen LogP contribution in [0.2, 0.25) is 5.02 Å². The van der Waals surface area contributed by atoms with Crippen LogP contribution < -0.4 is 10.6 Å². The molecule has 0 atom stereocenters. The van der Waals surface area contributed by atoms with Gasteiger partial charge in [-0.3, -0.25) is 0 Å². The average molecular weight is 408 g/mol. The highest BCUT2D eigenvalue weighted by Gasteiger charge is 2.28. The molecular weight excluding hydrogens is 386 g/mol. The van der Waals surface area contributed by atoms with Crippen LogP contribution in [0.25, 0.3) is 0 Å². The van der Waals surface area contributed by atoms with E-state index in [4.69, 9.17) is 33.3 Å². The molecule has 0 radical (unpaired) electrons. The molecule has 10 heteroatoms. The van der Waals surface area contributed by atoms with Crippen LogP contribution in [0.4, 0.5) is 5.69 Å². The third-order valence-electron chi connectivity index (χ3n) is 3.59. The largest absolute Gasteiger partial charge is 0.385 e. The molecule has 0 aromatic heterocycles. The Morgan fingerprint density at radius 3 is 2.80 bits per heavy atom. The molecule has 0 spiro atoms. The fourth-order valence-electron chi connectivity index (χ4n) is 2.30. The average Bonchev–Trinajstić information content (AvgIpc) is 2.61. The predicted molar refractivity (Wildman–Crippen MR) is 102 cm³/mol. The molecule has 1 saturated heterocycles. The van der Waals surface area contributed by atoms with Crippen LogP contribution in [0, 0.1) is 0 Å². The number of halogens is 1. The van der Waals surface area contributed by atoms with E-state index in [2.05, 4.69) is 10.6 Å². The molecule has 1 aromatic rings. The van der Waals surface area contributed by atoms with E-state index in [1.54, 1.807) is 19.2 Å². The monoisotopic (exact) mass is 407 g/mol. The highest BCUT2D eigenvalue weighted by atomic mass is 35.5. The Bertz CT molecular complexity index is 694. The molecule has 1 aliphatic rings. The topological polar surface area (TPSA) is 79.9 Å². The molecule has 1 heterocycles. The van der Waals surface area contributed by atoms with E-state index in [0.29, 0.717) is 50.3 Å². The van der Waals surface area contributed by atoms with Crippen molar-refractivity contribution in [3.8, 4) is 0 Å². The number of anilines is 1. The van der Waals surface area contributed by atoms with Gasteiger partial charge >= 0.3 is 0 Å². The number of morpholine rings is 1. The van der Waals surface area contributed by atoms with Gasteiger partial charge in [0.15, 0.2) is 5.11 Å². The van der Waals surface area contributed by atoms with Gasteiger partial charge < -0.3 is 20.1 Å². The van der Waals surface area contributed by atoms with Gasteiger partial charge in [0.1, 0.15) is 4.90 Å². The van der Waals surface area contributed by atoms with Crippen molar-refractivity contribution in [3.05, 3.63) is 23.2 Å². The Morgan fingerprint density at radius 2 is 2.12 bits per heavy atom. The zero-order valence-electron chi connectivity index (χ0n) is 14.0. The van der Waals surface area contributed by atoms with Crippen LogP contribution in [0.5, 0.6) is 0 Å². The molecule has 0 unspecified atom stereocenters. The van der Waals surface area contributed by atoms with Gasteiger partial charge in [0.05, 0.1) is 18.2 Å². The second kappa shape index (κ2) is 9.65. The first kappa shape index (κ1) is 20.3. The van der Waals surface area contributed by atoms with Gasteiger partial charge in [-0.25, -0.2) is 8.42 Å². The minimum Gasteiger partial charge on any atom is -0.385 e. The molecule has 140 valence electrons. The normalized spacial score (nSPS) is 15.8. The van der Waals surface area contributed by atoms with Gasteiger partial charge in [0.25, 0.3) is 0 Å². The first-order valence-corrected chi connectivity index (χ1v) is 10.1. The molecule has 2 rings (SSSR count). The number of hydrogen-bond acceptors (Lipinski definition) is 5. The summed E-state index contributed by atoms with van der Waals surface area (Å²) in [4.78, 5) is 0.0586. The fourth-order valence-corrected chi connectivity index (χ4v) is 4.43. The lowest BCUT2D eigenvalue weighted by Gasteiger charge is -2.26. The van der Waals surface area contributed by atoms with Crippen LogP contribution >= 0.6 is 23.8 Å². The molecule has 25 heavy (non-hydrogen) atoms. The maximum Gasteiger partial charge on any atom is 0.244 e. The summed E-state index contributed by atoms with van der Waals surface area (Å²) in [6.45, 7) is 2.69. The Morgan fingerprint density at radius 1 is 1.40 bits per heavy atom. The standard InChI is InChI=1S/C15H22ClN3O4S2/c1-22-8-2-5-17-15(24)18-12-3-4-13(16)14(11-12)25(20,21)19-6-9-23-10-7-19/h3-4,11H,2,5-10H2,1H3,(H2,17,18,24). The maximum absolute atomic E-state index is 12.8. The number of ether oxygens (including phenoxy) is 2. The fraction of sp³-hybridized carbons (Fsp3) is 0.533. The van der Waals surface area contributed by atoms with Gasteiger partial charge in [-0.2, -0.15) is 4.31 Å². The lowest BCUT2D eigenvalue weighted by atomic mass is 10.3. The highest BCUT2D eigenvalue weighted by molar-refractivity contribution is 7.89. The van der Waals surface area contributed by atoms with Crippen LogP contribution in [0.15, 0.2) is 23.1 Å². The van der Waals surface area contributed by atoms with E-state index in [1.807, 2.05) is 0 Å². The molecular formula is C15H22ClN3O4S2. The number of sulfonamides is 1. The maximum atomic E-state index is 12.8. The molecule has 2 N–H and O–H groups in total. The zero-order chi connectivity index (χ0) is 18.3. The number of benzene rings is 1. The van der Waals surface area contributed by atoms with Crippen molar-refractivity contribution in [2.24, 2.45) is 0 Å². The van der Waals surface area contributed by atoms with Crippen molar-refractivity contribution in [2.45, 2.75) is 11.3 Å². The zero-order valence-corrected chi connectivity index (χ0v) is 16.3. The van der Waals surface area contributed by atoms with E-state index < -0.39 is 10.0 Å². The number of hydrogen-bond donors (Lipinski definition) is 2. The number of nitrogens with one attached hydrogen (secondary N) is 2. The SMILES string of the molecule is COCCCNC(=S)Nc1ccc(Cl)c(S(=O)(=O)N2CCOCC2)c1. The summed E-state index contributed by atoms with van der Waals surface area (Å²) in [5, 5.41) is 6.59. The second-order valence-electron chi connectivity index (χ2n) is 5.39. The van der Waals surface area contributed by atoms with E-state index in [1.165, 1.54) is 10.4 Å². The summed E-state index contributed by atoms with van der Waals surface area (Å²) in [5.74, 6) is 0. The second-order valence-corrected chi connectivity index (χ2v) is 8.11. The van der Waals surface area contributed by atoms with Crippen molar-refractivity contribution < 1.29 is 17.9 Å². The van der Waals surface area contributed by atoms with E-state index >= 15 is 0 Å². The summed E-state index contributed by atoms with van der Waals surface area (Å²) in [6.07, 6.45) is 0.815. The summed E-state index contributed by atoms with van der Waals surface area (Å²) in [5.41, 5.74) is 0.556. The minimum absolute atomic E-state index is 0.0586. The molecule has 7 nitrogen and oxygen atoms in total. The summed E-state index contributed by atoms with van der Waals surface area (Å²) < 4.78 is 37.1. The molecule has 0 saturated carbocycles. The lowest BCUT2D eigenvalue weighted by molar-refractivity contribution is 0.0730. The number of thiocarbonyl (C=S) groups is 1. The lowest BCUT2D eigenvalue weighted by Crippen LogP contribution is -2.40. The van der Waals surface area contributed by atoms with E-state index in [9.17, 15) is 8.42 Å². The summed E-state index contributed by atoms with van der Waals surface area (Å²) >= 11 is 11.3. The van der Waals surface area contributed by atoms with Gasteiger partial charge in [0, 0.05) is 39.0 Å². The third kappa shape index (κ3) is 5.77. The Hall–Kier alpha value is -0.970. The van der Waals surface area contributed by atoms with Crippen molar-refractivity contribution in [1.82, 2.24) is 9.62 Å². The Labute approximate surface area is 158 Å². The predicted octanol–water partition coefficient (Wildman–Crippen LogP) is 1.68. The molecule has 1 aromatic carbocycles. The minimum atomic E-state index is -3.67. The Balaban J connectivity index is 2.07. The van der Waals surface area contributed by atoms with E-state index in [0.717, 1.165) is 6.42 Å². The summed E-state index contributed by atoms with van der Waals surface area (Å²) in [7, 11) is -2.03. The van der Waals surface area contributed by atoms with Crippen LogP contribution in [0.1, 0.15) is 6.42 Å². The molecule has 1 fully saturated rings. The van der Waals surface area contributed by atoms with Crippen molar-refractivity contribution >= 4 is 44.6 Å². The smallest absolute Gasteiger partial charge is 0.244 e. The quantitative estimate of drug-likeness (QED) is 0.525. The van der Waals surface area contributed by atoms with Gasteiger partial charge in [0.2, 0.25) is 10.0 Å². The van der Waals surface area contributed by atoms with Crippen LogP contribution in [0.3, 0.4) is 0 Å². The van der Waals surface area contributed by atoms with Crippen LogP contribution in [-0.4, -0.2) is 64.4 Å². The van der Waals surface area contributed by atoms with Crippen molar-refractivity contribution in [2.75, 3.05) is 51.9 Å². The van der Waals surface area contributed by atoms with Gasteiger partial charge in [-0.15, -0.1) is 0 Å². The number of methoxy groups -OCH3 is 1. The number of nitrogens with zero attached hydrogens (tertiary/aromatic N) is 1. The third-order valence-corrected chi connectivity index (χ3v) is 6.21. The number of rotatable bonds is 7. The molecule has 0 amide bonds. The first-order valence-electron chi connectivity index (χ1n) is 7.86.